The Labute approximate surface area is 159 Å². The molecule has 2 aromatic heterocycles. The zero-order chi connectivity index (χ0) is 18.9. The standard InChI is InChI=1S/C21H24N4O2/c1-2-3-9-16-27-25-15-13-19(24-25)21(26)23-20(17-10-5-4-6-11-17)18-12-7-8-14-22-18/h4-8,10-15,20H,2-3,9,16H2,1H3,(H,23,26). The highest BCUT2D eigenvalue weighted by Gasteiger charge is 2.20. The molecule has 140 valence electrons. The molecule has 1 N–H and O–H groups in total. The first-order chi connectivity index (χ1) is 13.3. The van der Waals surface area contributed by atoms with Crippen LogP contribution in [-0.4, -0.2) is 27.4 Å². The second-order valence-corrected chi connectivity index (χ2v) is 6.22. The van der Waals surface area contributed by atoms with Crippen LogP contribution in [-0.2, 0) is 0 Å². The molecule has 0 aliphatic carbocycles. The highest BCUT2D eigenvalue weighted by molar-refractivity contribution is 5.92. The summed E-state index contributed by atoms with van der Waals surface area (Å²) in [5, 5.41) is 7.23. The first-order valence-corrected chi connectivity index (χ1v) is 9.23. The molecule has 1 amide bonds. The lowest BCUT2D eigenvalue weighted by molar-refractivity contribution is 0.0761. The molecule has 0 spiro atoms. The Bertz CT molecular complexity index is 794. The van der Waals surface area contributed by atoms with Gasteiger partial charge in [0.2, 0.25) is 0 Å². The summed E-state index contributed by atoms with van der Waals surface area (Å²) in [5.41, 5.74) is 2.04. The highest BCUT2D eigenvalue weighted by Crippen LogP contribution is 2.20. The number of aromatic nitrogens is 3. The molecule has 0 radical (unpaired) electrons. The number of hydrogen-bond acceptors (Lipinski definition) is 4. The third-order valence-electron chi connectivity index (χ3n) is 4.16. The zero-order valence-corrected chi connectivity index (χ0v) is 15.4. The second kappa shape index (κ2) is 9.52. The summed E-state index contributed by atoms with van der Waals surface area (Å²) >= 11 is 0. The van der Waals surface area contributed by atoms with Crippen molar-refractivity contribution in [1.29, 1.82) is 0 Å². The number of carbonyl (C=O) groups excluding carboxylic acids is 1. The predicted molar refractivity (Wildman–Crippen MR) is 103 cm³/mol. The van der Waals surface area contributed by atoms with Gasteiger partial charge in [0.05, 0.1) is 17.9 Å². The smallest absolute Gasteiger partial charge is 0.272 e. The van der Waals surface area contributed by atoms with E-state index in [-0.39, 0.29) is 11.9 Å². The van der Waals surface area contributed by atoms with E-state index in [1.165, 1.54) is 4.85 Å². The van der Waals surface area contributed by atoms with Crippen molar-refractivity contribution in [2.45, 2.75) is 32.2 Å². The molecule has 3 rings (SSSR count). The second-order valence-electron chi connectivity index (χ2n) is 6.22. The van der Waals surface area contributed by atoms with Gasteiger partial charge in [0, 0.05) is 6.20 Å². The maximum atomic E-state index is 12.7. The third-order valence-corrected chi connectivity index (χ3v) is 4.16. The molecule has 3 aromatic rings. The lowest BCUT2D eigenvalue weighted by Crippen LogP contribution is -2.30. The minimum atomic E-state index is -0.351. The van der Waals surface area contributed by atoms with E-state index in [0.717, 1.165) is 30.5 Å². The molecule has 0 aliphatic rings. The van der Waals surface area contributed by atoms with Crippen LogP contribution in [0, 0.1) is 0 Å². The molecule has 6 heteroatoms. The topological polar surface area (TPSA) is 69.0 Å². The van der Waals surface area contributed by atoms with Crippen LogP contribution in [0.15, 0.2) is 67.0 Å². The van der Waals surface area contributed by atoms with Gasteiger partial charge >= 0.3 is 0 Å². The first kappa shape index (κ1) is 18.6. The quantitative estimate of drug-likeness (QED) is 0.591. The third kappa shape index (κ3) is 5.17. The summed E-state index contributed by atoms with van der Waals surface area (Å²) in [4.78, 5) is 24.0. The molecule has 0 saturated carbocycles. The van der Waals surface area contributed by atoms with Gasteiger partial charge in [-0.2, -0.15) is 0 Å². The Morgan fingerprint density at radius 2 is 1.93 bits per heavy atom. The number of carbonyl (C=O) groups is 1. The number of benzene rings is 1. The fourth-order valence-electron chi connectivity index (χ4n) is 2.74. The summed E-state index contributed by atoms with van der Waals surface area (Å²) in [5.74, 6) is -0.273. The van der Waals surface area contributed by atoms with Gasteiger partial charge in [0.25, 0.3) is 5.91 Å². The number of pyridine rings is 1. The van der Waals surface area contributed by atoms with Crippen LogP contribution in [0.25, 0.3) is 0 Å². The zero-order valence-electron chi connectivity index (χ0n) is 15.4. The van der Waals surface area contributed by atoms with Crippen molar-refractivity contribution in [3.63, 3.8) is 0 Å². The summed E-state index contributed by atoms with van der Waals surface area (Å²) in [6.07, 6.45) is 6.57. The van der Waals surface area contributed by atoms with Crippen LogP contribution in [0.1, 0.15) is 54.0 Å². The van der Waals surface area contributed by atoms with Gasteiger partial charge < -0.3 is 10.2 Å². The normalized spacial score (nSPS) is 11.7. The Hall–Kier alpha value is -3.15. The number of nitrogens with one attached hydrogen (secondary N) is 1. The van der Waals surface area contributed by atoms with E-state index in [9.17, 15) is 4.79 Å². The summed E-state index contributed by atoms with van der Waals surface area (Å²) in [6, 6.07) is 16.7. The van der Waals surface area contributed by atoms with Gasteiger partial charge in [-0.25, -0.2) is 0 Å². The van der Waals surface area contributed by atoms with E-state index in [0.29, 0.717) is 12.3 Å². The van der Waals surface area contributed by atoms with Crippen LogP contribution in [0.4, 0.5) is 0 Å². The summed E-state index contributed by atoms with van der Waals surface area (Å²) < 4.78 is 0. The van der Waals surface area contributed by atoms with Crippen molar-refractivity contribution in [2.75, 3.05) is 6.61 Å². The maximum Gasteiger partial charge on any atom is 0.272 e. The van der Waals surface area contributed by atoms with Crippen molar-refractivity contribution in [3.8, 4) is 0 Å². The molecule has 1 unspecified atom stereocenters. The fourth-order valence-corrected chi connectivity index (χ4v) is 2.74. The Morgan fingerprint density at radius 1 is 1.11 bits per heavy atom. The summed E-state index contributed by atoms with van der Waals surface area (Å²) in [6.45, 7) is 2.72. The average molecular weight is 364 g/mol. The van der Waals surface area contributed by atoms with Gasteiger partial charge in [-0.05, 0) is 30.2 Å². The van der Waals surface area contributed by atoms with Crippen LogP contribution in [0.2, 0.25) is 0 Å². The Balaban J connectivity index is 1.71. The van der Waals surface area contributed by atoms with E-state index in [2.05, 4.69) is 22.3 Å². The van der Waals surface area contributed by atoms with Crippen molar-refractivity contribution in [3.05, 3.63) is 83.9 Å². The van der Waals surface area contributed by atoms with Gasteiger partial charge in [-0.3, -0.25) is 9.78 Å². The monoisotopic (exact) mass is 364 g/mol. The SMILES string of the molecule is CCCCCOn1ccc(C(=O)NC(c2ccccc2)c2ccccn2)n1. The van der Waals surface area contributed by atoms with Crippen molar-refractivity contribution >= 4 is 5.91 Å². The lowest BCUT2D eigenvalue weighted by Gasteiger charge is -2.18. The van der Waals surface area contributed by atoms with Gasteiger partial charge in [0.1, 0.15) is 6.61 Å². The van der Waals surface area contributed by atoms with Crippen molar-refractivity contribution in [1.82, 2.24) is 20.2 Å². The Morgan fingerprint density at radius 3 is 2.67 bits per heavy atom. The van der Waals surface area contributed by atoms with Gasteiger partial charge in [-0.1, -0.05) is 56.2 Å². The van der Waals surface area contributed by atoms with Crippen molar-refractivity contribution < 1.29 is 9.63 Å². The molecule has 0 aliphatic heterocycles. The fraction of sp³-hybridized carbons (Fsp3) is 0.286. The average Bonchev–Trinajstić information content (AvgIpc) is 3.20. The van der Waals surface area contributed by atoms with Crippen LogP contribution in [0.3, 0.4) is 0 Å². The molecule has 1 aromatic carbocycles. The van der Waals surface area contributed by atoms with E-state index in [4.69, 9.17) is 4.84 Å². The number of amides is 1. The number of nitrogens with zero attached hydrogens (tertiary/aromatic N) is 3. The molecular formula is C21H24N4O2. The largest absolute Gasteiger partial charge is 0.397 e. The van der Waals surface area contributed by atoms with E-state index in [1.54, 1.807) is 18.5 Å². The number of rotatable bonds is 9. The van der Waals surface area contributed by atoms with Gasteiger partial charge in [0.15, 0.2) is 5.69 Å². The molecule has 0 fully saturated rings. The van der Waals surface area contributed by atoms with Gasteiger partial charge in [-0.15, -0.1) is 9.94 Å². The van der Waals surface area contributed by atoms with Crippen molar-refractivity contribution in [2.24, 2.45) is 0 Å². The molecule has 0 bridgehead atoms. The Kier molecular flexibility index (Phi) is 6.57. The molecule has 27 heavy (non-hydrogen) atoms. The maximum absolute atomic E-state index is 12.7. The minimum Gasteiger partial charge on any atom is -0.397 e. The highest BCUT2D eigenvalue weighted by atomic mass is 16.7. The number of unbranched alkanes of at least 4 members (excludes halogenated alkanes) is 2. The van der Waals surface area contributed by atoms with E-state index in [1.807, 2.05) is 48.5 Å². The van der Waals surface area contributed by atoms with E-state index < -0.39 is 0 Å². The minimum absolute atomic E-state index is 0.273. The first-order valence-electron chi connectivity index (χ1n) is 9.23. The molecule has 0 saturated heterocycles. The lowest BCUT2D eigenvalue weighted by atomic mass is 10.0. The molecule has 2 heterocycles. The molecule has 1 atom stereocenters. The van der Waals surface area contributed by atoms with Crippen LogP contribution >= 0.6 is 0 Å². The molecule has 6 nitrogen and oxygen atoms in total. The molecular weight excluding hydrogens is 340 g/mol. The van der Waals surface area contributed by atoms with Crippen LogP contribution < -0.4 is 10.2 Å². The van der Waals surface area contributed by atoms with Crippen LogP contribution in [0.5, 0.6) is 0 Å². The number of hydrogen-bond donors (Lipinski definition) is 1. The predicted octanol–water partition coefficient (Wildman–Crippen LogP) is 3.42. The van der Waals surface area contributed by atoms with E-state index >= 15 is 0 Å². The summed E-state index contributed by atoms with van der Waals surface area (Å²) in [7, 11) is 0.